The normalized spacial score (nSPS) is 10.2. The van der Waals surface area contributed by atoms with Gasteiger partial charge in [0.2, 0.25) is 0 Å². The summed E-state index contributed by atoms with van der Waals surface area (Å²) >= 11 is 0. The Labute approximate surface area is 96.6 Å². The smallest absolute Gasteiger partial charge is 0.307 e. The van der Waals surface area contributed by atoms with E-state index < -0.39 is 0 Å². The van der Waals surface area contributed by atoms with Crippen molar-refractivity contribution in [2.24, 2.45) is 5.73 Å². The fourth-order valence-corrected chi connectivity index (χ4v) is 1.78. The molecule has 0 aromatic heterocycles. The molecule has 0 bridgehead atoms. The van der Waals surface area contributed by atoms with Gasteiger partial charge in [-0.1, -0.05) is 17.7 Å². The molecule has 0 fully saturated rings. The van der Waals surface area contributed by atoms with Gasteiger partial charge >= 0.3 is 5.97 Å². The first-order valence-corrected chi connectivity index (χ1v) is 5.47. The van der Waals surface area contributed by atoms with Gasteiger partial charge in [0.25, 0.3) is 0 Å². The van der Waals surface area contributed by atoms with Crippen LogP contribution in [0.5, 0.6) is 0 Å². The van der Waals surface area contributed by atoms with Crippen LogP contribution in [0, 0.1) is 20.8 Å². The van der Waals surface area contributed by atoms with Crippen molar-refractivity contribution in [3.05, 3.63) is 34.4 Å². The quantitative estimate of drug-likeness (QED) is 0.791. The maximum absolute atomic E-state index is 11.2. The molecule has 0 unspecified atom stereocenters. The molecule has 2 N–H and O–H groups in total. The van der Waals surface area contributed by atoms with Crippen LogP contribution in [0.1, 0.15) is 28.7 Å². The van der Waals surface area contributed by atoms with Crippen molar-refractivity contribution in [2.45, 2.75) is 33.8 Å². The second-order valence-corrected chi connectivity index (χ2v) is 4.08. The van der Waals surface area contributed by atoms with E-state index in [1.807, 2.05) is 13.8 Å². The van der Waals surface area contributed by atoms with Crippen LogP contribution in [0.2, 0.25) is 0 Å². The van der Waals surface area contributed by atoms with Crippen molar-refractivity contribution >= 4 is 5.97 Å². The number of aryl methyl sites for hydroxylation is 3. The lowest BCUT2D eigenvalue weighted by molar-refractivity contribution is -0.144. The highest BCUT2D eigenvalue weighted by atomic mass is 16.5. The molecule has 0 aliphatic rings. The number of carbonyl (C=O) groups is 1. The zero-order valence-corrected chi connectivity index (χ0v) is 10.2. The molecule has 0 aliphatic carbocycles. The minimum absolute atomic E-state index is 0.234. The van der Waals surface area contributed by atoms with E-state index in [-0.39, 0.29) is 12.4 Å². The third kappa shape index (κ3) is 3.35. The van der Waals surface area contributed by atoms with E-state index in [2.05, 4.69) is 19.1 Å². The Morgan fingerprint density at radius 2 is 1.81 bits per heavy atom. The molecular formula is C13H19NO2. The molecule has 16 heavy (non-hydrogen) atoms. The predicted molar refractivity (Wildman–Crippen MR) is 64.1 cm³/mol. The highest BCUT2D eigenvalue weighted by molar-refractivity contribution is 5.69. The van der Waals surface area contributed by atoms with E-state index in [1.165, 1.54) is 5.56 Å². The molecule has 88 valence electrons. The Bertz CT molecular complexity index is 363. The Kier molecular flexibility index (Phi) is 4.50. The van der Waals surface area contributed by atoms with E-state index >= 15 is 0 Å². The van der Waals surface area contributed by atoms with E-state index in [4.69, 9.17) is 10.5 Å². The average molecular weight is 221 g/mol. The first kappa shape index (κ1) is 12.7. The minimum Gasteiger partial charge on any atom is -0.461 e. The molecule has 1 aromatic rings. The highest BCUT2D eigenvalue weighted by Crippen LogP contribution is 2.17. The molecule has 0 saturated heterocycles. The summed E-state index contributed by atoms with van der Waals surface area (Å²) in [6.07, 6.45) is 0.282. The number of nitrogens with two attached hydrogens (primary N) is 1. The Hall–Kier alpha value is -1.35. The van der Waals surface area contributed by atoms with E-state index in [0.29, 0.717) is 13.2 Å². The Morgan fingerprint density at radius 1 is 1.25 bits per heavy atom. The molecule has 0 aliphatic heterocycles. The van der Waals surface area contributed by atoms with Crippen LogP contribution in [0.4, 0.5) is 0 Å². The zero-order valence-electron chi connectivity index (χ0n) is 10.2. The maximum Gasteiger partial charge on any atom is 0.307 e. The van der Waals surface area contributed by atoms with Gasteiger partial charge in [0.15, 0.2) is 0 Å². The average Bonchev–Trinajstić information content (AvgIpc) is 2.16. The summed E-state index contributed by atoms with van der Waals surface area (Å²) in [4.78, 5) is 11.2. The number of rotatable bonds is 4. The lowest BCUT2D eigenvalue weighted by Crippen LogP contribution is -2.11. The van der Waals surface area contributed by atoms with Crippen LogP contribution in [-0.4, -0.2) is 12.5 Å². The van der Waals surface area contributed by atoms with E-state index in [9.17, 15) is 4.79 Å². The zero-order chi connectivity index (χ0) is 12.1. The van der Waals surface area contributed by atoms with Crippen molar-refractivity contribution in [3.8, 4) is 0 Å². The third-order valence-corrected chi connectivity index (χ3v) is 2.57. The van der Waals surface area contributed by atoms with E-state index in [0.717, 1.165) is 16.7 Å². The molecule has 0 spiro atoms. The predicted octanol–water partition coefficient (Wildman–Crippen LogP) is 2.00. The van der Waals surface area contributed by atoms with Crippen molar-refractivity contribution in [1.29, 1.82) is 0 Å². The summed E-state index contributed by atoms with van der Waals surface area (Å²) in [5.41, 5.74) is 9.93. The molecule has 0 atom stereocenters. The van der Waals surface area contributed by atoms with Crippen molar-refractivity contribution in [1.82, 2.24) is 0 Å². The standard InChI is InChI=1S/C13H19NO2/c1-9-6-10(2)12(11(3)7-9)8-16-13(15)4-5-14/h6-7H,4-5,8,14H2,1-3H3. The number of esters is 1. The van der Waals surface area contributed by atoms with Gasteiger partial charge in [0, 0.05) is 6.54 Å². The molecule has 3 heteroatoms. The number of hydrogen-bond acceptors (Lipinski definition) is 3. The van der Waals surface area contributed by atoms with Gasteiger partial charge in [-0.2, -0.15) is 0 Å². The van der Waals surface area contributed by atoms with Crippen molar-refractivity contribution in [3.63, 3.8) is 0 Å². The monoisotopic (exact) mass is 221 g/mol. The number of hydrogen-bond donors (Lipinski definition) is 1. The largest absolute Gasteiger partial charge is 0.461 e. The van der Waals surface area contributed by atoms with Crippen molar-refractivity contribution < 1.29 is 9.53 Å². The second-order valence-electron chi connectivity index (χ2n) is 4.08. The van der Waals surface area contributed by atoms with Crippen LogP contribution in [-0.2, 0) is 16.1 Å². The number of carbonyl (C=O) groups excluding carboxylic acids is 1. The van der Waals surface area contributed by atoms with Gasteiger partial charge in [-0.15, -0.1) is 0 Å². The van der Waals surface area contributed by atoms with Crippen LogP contribution in [0.25, 0.3) is 0 Å². The molecule has 0 heterocycles. The minimum atomic E-state index is -0.234. The first-order chi connectivity index (χ1) is 7.54. The maximum atomic E-state index is 11.2. The Morgan fingerprint density at radius 3 is 2.31 bits per heavy atom. The lowest BCUT2D eigenvalue weighted by atomic mass is 10.0. The van der Waals surface area contributed by atoms with Gasteiger partial charge in [-0.25, -0.2) is 0 Å². The molecule has 1 aromatic carbocycles. The summed E-state index contributed by atoms with van der Waals surface area (Å²) in [7, 11) is 0. The van der Waals surface area contributed by atoms with Crippen LogP contribution in [0.3, 0.4) is 0 Å². The summed E-state index contributed by atoms with van der Waals surface area (Å²) in [5, 5.41) is 0. The van der Waals surface area contributed by atoms with Crippen LogP contribution in [0.15, 0.2) is 12.1 Å². The van der Waals surface area contributed by atoms with Gasteiger partial charge in [-0.05, 0) is 37.5 Å². The molecule has 3 nitrogen and oxygen atoms in total. The SMILES string of the molecule is Cc1cc(C)c(COC(=O)CCN)c(C)c1. The highest BCUT2D eigenvalue weighted by Gasteiger charge is 2.07. The molecule has 0 amide bonds. The van der Waals surface area contributed by atoms with Gasteiger partial charge in [0.1, 0.15) is 6.61 Å². The van der Waals surface area contributed by atoms with Crippen LogP contribution < -0.4 is 5.73 Å². The fraction of sp³-hybridized carbons (Fsp3) is 0.462. The van der Waals surface area contributed by atoms with Gasteiger partial charge in [0.05, 0.1) is 6.42 Å². The molecule has 0 saturated carbocycles. The summed E-state index contributed by atoms with van der Waals surface area (Å²) in [5.74, 6) is -0.234. The topological polar surface area (TPSA) is 52.3 Å². The molecular weight excluding hydrogens is 202 g/mol. The van der Waals surface area contributed by atoms with Crippen molar-refractivity contribution in [2.75, 3.05) is 6.54 Å². The summed E-state index contributed by atoms with van der Waals surface area (Å²) in [6.45, 7) is 6.81. The number of ether oxygens (including phenoxy) is 1. The Balaban J connectivity index is 2.70. The summed E-state index contributed by atoms with van der Waals surface area (Å²) < 4.78 is 5.15. The lowest BCUT2D eigenvalue weighted by Gasteiger charge is -2.11. The second kappa shape index (κ2) is 5.66. The molecule has 0 radical (unpaired) electrons. The number of benzene rings is 1. The first-order valence-electron chi connectivity index (χ1n) is 5.47. The van der Waals surface area contributed by atoms with Gasteiger partial charge in [-0.3, -0.25) is 4.79 Å². The summed E-state index contributed by atoms with van der Waals surface area (Å²) in [6, 6.07) is 4.19. The van der Waals surface area contributed by atoms with E-state index in [1.54, 1.807) is 0 Å². The fourth-order valence-electron chi connectivity index (χ4n) is 1.78. The molecule has 1 rings (SSSR count). The van der Waals surface area contributed by atoms with Crippen LogP contribution >= 0.6 is 0 Å². The van der Waals surface area contributed by atoms with Gasteiger partial charge < -0.3 is 10.5 Å². The third-order valence-electron chi connectivity index (χ3n) is 2.57.